The number of ether oxygens (including phenoxy) is 3. The number of carbonyl (C=O) groups is 1. The van der Waals surface area contributed by atoms with Gasteiger partial charge in [0.15, 0.2) is 0 Å². The number of benzene rings is 2. The third-order valence-corrected chi connectivity index (χ3v) is 4.84. The summed E-state index contributed by atoms with van der Waals surface area (Å²) in [5.74, 6) is 2.13. The third-order valence-electron chi connectivity index (χ3n) is 4.56. The molecule has 6 nitrogen and oxygen atoms in total. The largest absolute Gasteiger partial charge is 0.497 e. The SMILES string of the molecule is COc1ccc(OC)c(-c2cc(Cl)c3c(c2)CC(CNC(=O)CN(C)C)O3)c1. The topological polar surface area (TPSA) is 60.0 Å². The average molecular weight is 405 g/mol. The van der Waals surface area contributed by atoms with Crippen molar-refractivity contribution in [2.24, 2.45) is 0 Å². The summed E-state index contributed by atoms with van der Waals surface area (Å²) in [4.78, 5) is 13.7. The lowest BCUT2D eigenvalue weighted by Gasteiger charge is -2.14. The molecular formula is C21H25ClN2O4. The van der Waals surface area contributed by atoms with Crippen molar-refractivity contribution in [3.8, 4) is 28.4 Å². The smallest absolute Gasteiger partial charge is 0.234 e. The van der Waals surface area contributed by atoms with Gasteiger partial charge < -0.3 is 24.4 Å². The first-order valence-electron chi connectivity index (χ1n) is 9.04. The fourth-order valence-electron chi connectivity index (χ4n) is 3.27. The highest BCUT2D eigenvalue weighted by molar-refractivity contribution is 6.32. The standard InChI is InChI=1S/C21H25ClN2O4/c1-24(2)12-20(25)23-11-16-8-14-7-13(9-18(22)21(14)28-16)17-10-15(26-3)5-6-19(17)27-4/h5-7,9-10,16H,8,11-12H2,1-4H3,(H,23,25). The summed E-state index contributed by atoms with van der Waals surface area (Å²) < 4.78 is 16.8. The van der Waals surface area contributed by atoms with Crippen LogP contribution in [0.4, 0.5) is 0 Å². The van der Waals surface area contributed by atoms with Gasteiger partial charge in [-0.15, -0.1) is 0 Å². The number of halogens is 1. The molecule has 0 fully saturated rings. The zero-order valence-corrected chi connectivity index (χ0v) is 17.3. The number of amides is 1. The number of likely N-dealkylation sites (N-methyl/N-ethyl adjacent to an activating group) is 1. The highest BCUT2D eigenvalue weighted by Crippen LogP contribution is 2.42. The molecule has 1 aliphatic rings. The molecule has 0 bridgehead atoms. The first-order valence-corrected chi connectivity index (χ1v) is 9.42. The number of rotatable bonds is 7. The fraction of sp³-hybridized carbons (Fsp3) is 0.381. The van der Waals surface area contributed by atoms with Crippen molar-refractivity contribution >= 4 is 17.5 Å². The minimum absolute atomic E-state index is 0.0301. The molecule has 7 heteroatoms. The van der Waals surface area contributed by atoms with Gasteiger partial charge in [0.25, 0.3) is 0 Å². The summed E-state index contributed by atoms with van der Waals surface area (Å²) in [7, 11) is 6.98. The first kappa shape index (κ1) is 20.3. The maximum atomic E-state index is 11.9. The highest BCUT2D eigenvalue weighted by atomic mass is 35.5. The van der Waals surface area contributed by atoms with Crippen LogP contribution in [0.1, 0.15) is 5.56 Å². The van der Waals surface area contributed by atoms with Gasteiger partial charge >= 0.3 is 0 Å². The van der Waals surface area contributed by atoms with Gasteiger partial charge in [-0.2, -0.15) is 0 Å². The molecule has 0 spiro atoms. The first-order chi connectivity index (χ1) is 13.4. The zero-order chi connectivity index (χ0) is 20.3. The van der Waals surface area contributed by atoms with Gasteiger partial charge in [0.1, 0.15) is 23.4 Å². The van der Waals surface area contributed by atoms with Crippen LogP contribution < -0.4 is 19.5 Å². The summed E-state index contributed by atoms with van der Waals surface area (Å²) in [5, 5.41) is 3.45. The Morgan fingerprint density at radius 3 is 2.71 bits per heavy atom. The highest BCUT2D eigenvalue weighted by Gasteiger charge is 2.27. The van der Waals surface area contributed by atoms with Crippen molar-refractivity contribution in [2.75, 3.05) is 41.4 Å². The van der Waals surface area contributed by atoms with Crippen LogP contribution in [0, 0.1) is 0 Å². The lowest BCUT2D eigenvalue weighted by molar-refractivity contribution is -0.122. The Bertz CT molecular complexity index is 870. The van der Waals surface area contributed by atoms with E-state index in [9.17, 15) is 4.79 Å². The Morgan fingerprint density at radius 1 is 1.25 bits per heavy atom. The second-order valence-corrected chi connectivity index (χ2v) is 7.41. The summed E-state index contributed by atoms with van der Waals surface area (Å²) in [6.07, 6.45) is 0.540. The van der Waals surface area contributed by atoms with Crippen LogP contribution in [-0.4, -0.2) is 58.3 Å². The van der Waals surface area contributed by atoms with E-state index < -0.39 is 0 Å². The second kappa shape index (κ2) is 8.71. The maximum Gasteiger partial charge on any atom is 0.234 e. The van der Waals surface area contributed by atoms with E-state index in [1.165, 1.54) is 0 Å². The van der Waals surface area contributed by atoms with E-state index in [1.807, 2.05) is 43.3 Å². The molecule has 1 aliphatic heterocycles. The lowest BCUT2D eigenvalue weighted by Crippen LogP contribution is -2.39. The van der Waals surface area contributed by atoms with Gasteiger partial charge in [0.05, 0.1) is 32.3 Å². The zero-order valence-electron chi connectivity index (χ0n) is 16.5. The number of methoxy groups -OCH3 is 2. The Morgan fingerprint density at radius 2 is 2.04 bits per heavy atom. The molecule has 0 aliphatic carbocycles. The minimum atomic E-state index is -0.138. The van der Waals surface area contributed by atoms with Crippen LogP contribution in [0.5, 0.6) is 17.2 Å². The van der Waals surface area contributed by atoms with Crippen LogP contribution in [0.2, 0.25) is 5.02 Å². The number of nitrogens with zero attached hydrogens (tertiary/aromatic N) is 1. The quantitative estimate of drug-likeness (QED) is 0.768. The Balaban J connectivity index is 1.79. The monoisotopic (exact) mass is 404 g/mol. The van der Waals surface area contributed by atoms with E-state index >= 15 is 0 Å². The maximum absolute atomic E-state index is 11.9. The molecule has 3 rings (SSSR count). The summed E-state index contributed by atoms with van der Waals surface area (Å²) >= 11 is 6.50. The predicted molar refractivity (Wildman–Crippen MR) is 110 cm³/mol. The molecule has 1 atom stereocenters. The summed E-state index contributed by atoms with van der Waals surface area (Å²) in [5.41, 5.74) is 2.84. The molecule has 2 aromatic carbocycles. The van der Waals surface area contributed by atoms with E-state index in [1.54, 1.807) is 14.2 Å². The fourth-order valence-corrected chi connectivity index (χ4v) is 3.55. The van der Waals surface area contributed by atoms with Gasteiger partial charge in [-0.1, -0.05) is 11.6 Å². The summed E-state index contributed by atoms with van der Waals surface area (Å²) in [6.45, 7) is 0.787. The van der Waals surface area contributed by atoms with Crippen molar-refractivity contribution in [2.45, 2.75) is 12.5 Å². The van der Waals surface area contributed by atoms with Crippen molar-refractivity contribution in [1.82, 2.24) is 10.2 Å². The van der Waals surface area contributed by atoms with Gasteiger partial charge in [-0.05, 0) is 50.0 Å². The Kier molecular flexibility index (Phi) is 6.31. The molecule has 1 heterocycles. The van der Waals surface area contributed by atoms with Crippen molar-refractivity contribution in [3.63, 3.8) is 0 Å². The molecular weight excluding hydrogens is 380 g/mol. The molecule has 0 radical (unpaired) electrons. The second-order valence-electron chi connectivity index (χ2n) is 7.00. The van der Waals surface area contributed by atoms with Crippen molar-refractivity contribution in [1.29, 1.82) is 0 Å². The van der Waals surface area contributed by atoms with Crippen LogP contribution in [0.25, 0.3) is 11.1 Å². The van der Waals surface area contributed by atoms with Crippen LogP contribution >= 0.6 is 11.6 Å². The number of hydrogen-bond acceptors (Lipinski definition) is 5. The molecule has 1 amide bonds. The van der Waals surface area contributed by atoms with Crippen molar-refractivity contribution < 1.29 is 19.0 Å². The molecule has 150 valence electrons. The molecule has 0 aromatic heterocycles. The van der Waals surface area contributed by atoms with Crippen molar-refractivity contribution in [3.05, 3.63) is 40.9 Å². The van der Waals surface area contributed by atoms with E-state index in [0.29, 0.717) is 30.3 Å². The van der Waals surface area contributed by atoms with E-state index in [0.717, 1.165) is 28.2 Å². The van der Waals surface area contributed by atoms with Crippen LogP contribution in [0.3, 0.4) is 0 Å². The van der Waals surface area contributed by atoms with Gasteiger partial charge in [0.2, 0.25) is 5.91 Å². The predicted octanol–water partition coefficient (Wildman–Crippen LogP) is 3.01. The number of fused-ring (bicyclic) bond motifs is 1. The van der Waals surface area contributed by atoms with Crippen LogP contribution in [-0.2, 0) is 11.2 Å². The lowest BCUT2D eigenvalue weighted by atomic mass is 9.99. The Hall–Kier alpha value is -2.44. The molecule has 0 saturated carbocycles. The van der Waals surface area contributed by atoms with E-state index in [-0.39, 0.29) is 12.0 Å². The van der Waals surface area contributed by atoms with E-state index in [2.05, 4.69) is 11.4 Å². The van der Waals surface area contributed by atoms with Crippen LogP contribution in [0.15, 0.2) is 30.3 Å². The molecule has 1 N–H and O–H groups in total. The number of hydrogen-bond donors (Lipinski definition) is 1. The molecule has 28 heavy (non-hydrogen) atoms. The normalized spacial score (nSPS) is 15.1. The Labute approximate surface area is 170 Å². The summed E-state index contributed by atoms with van der Waals surface area (Å²) in [6, 6.07) is 9.57. The third kappa shape index (κ3) is 4.51. The van der Waals surface area contributed by atoms with E-state index in [4.69, 9.17) is 25.8 Å². The number of nitrogens with one attached hydrogen (secondary N) is 1. The van der Waals surface area contributed by atoms with Gasteiger partial charge in [-0.3, -0.25) is 4.79 Å². The average Bonchev–Trinajstić information content (AvgIpc) is 3.09. The molecule has 1 unspecified atom stereocenters. The van der Waals surface area contributed by atoms with Gasteiger partial charge in [0, 0.05) is 17.5 Å². The van der Waals surface area contributed by atoms with Gasteiger partial charge in [-0.25, -0.2) is 0 Å². The minimum Gasteiger partial charge on any atom is -0.497 e. The number of carbonyl (C=O) groups excluding carboxylic acids is 1. The molecule has 2 aromatic rings. The molecule has 0 saturated heterocycles.